The second kappa shape index (κ2) is 7.25. The van der Waals surface area contributed by atoms with Gasteiger partial charge in [0.2, 0.25) is 0 Å². The molecule has 0 atom stereocenters. The van der Waals surface area contributed by atoms with Crippen molar-refractivity contribution in [2.45, 2.75) is 6.92 Å². The third-order valence-electron chi connectivity index (χ3n) is 2.74. The number of hydrogen-bond donors (Lipinski definition) is 2. The van der Waals surface area contributed by atoms with Crippen molar-refractivity contribution in [3.8, 4) is 6.07 Å². The van der Waals surface area contributed by atoms with E-state index < -0.39 is 5.91 Å². The molecule has 0 saturated heterocycles. The van der Waals surface area contributed by atoms with Crippen LogP contribution in [0.5, 0.6) is 0 Å². The molecule has 0 aliphatic rings. The Balaban J connectivity index is 2.11. The number of pyridine rings is 1. The lowest BCUT2D eigenvalue weighted by molar-refractivity contribution is -0.112. The maximum absolute atomic E-state index is 12.1. The molecule has 1 aromatic carbocycles. The number of aryl methyl sites for hydroxylation is 1. The number of carbonyl (C=O) groups is 1. The normalized spacial score (nSPS) is 10.7. The smallest absolute Gasteiger partial charge is 0.267 e. The standard InChI is InChI=1S/C16H13ClN4O/c1-11-5-4-8-15(20-11)19-10-12(9-18)16(22)21-14-7-3-2-6-13(14)17/h2-8,10H,1H3,(H,19,20)(H,21,22)/b12-10-. The minimum atomic E-state index is -0.546. The fourth-order valence-corrected chi connectivity index (χ4v) is 1.85. The number of nitrogens with one attached hydrogen (secondary N) is 2. The first-order chi connectivity index (χ1) is 10.6. The van der Waals surface area contributed by atoms with Crippen LogP contribution in [0.4, 0.5) is 11.5 Å². The highest BCUT2D eigenvalue weighted by Crippen LogP contribution is 2.20. The molecule has 0 spiro atoms. The van der Waals surface area contributed by atoms with Crippen LogP contribution in [0, 0.1) is 18.3 Å². The number of benzene rings is 1. The summed E-state index contributed by atoms with van der Waals surface area (Å²) in [7, 11) is 0. The predicted molar refractivity (Wildman–Crippen MR) is 86.4 cm³/mol. The van der Waals surface area contributed by atoms with Gasteiger partial charge in [-0.15, -0.1) is 0 Å². The molecular weight excluding hydrogens is 300 g/mol. The Bertz CT molecular complexity index is 765. The Kier molecular flexibility index (Phi) is 5.12. The average molecular weight is 313 g/mol. The molecule has 1 aromatic heterocycles. The molecule has 2 aromatic rings. The molecule has 0 saturated carbocycles. The van der Waals surface area contributed by atoms with Gasteiger partial charge in [-0.2, -0.15) is 5.26 Å². The number of nitriles is 1. The third-order valence-corrected chi connectivity index (χ3v) is 3.07. The molecule has 0 bridgehead atoms. The van der Waals surface area contributed by atoms with Gasteiger partial charge in [0.25, 0.3) is 5.91 Å². The number of hydrogen-bond acceptors (Lipinski definition) is 4. The highest BCUT2D eigenvalue weighted by Gasteiger charge is 2.10. The van der Waals surface area contributed by atoms with Crippen LogP contribution in [-0.2, 0) is 4.79 Å². The molecule has 22 heavy (non-hydrogen) atoms. The number of para-hydroxylation sites is 1. The molecule has 1 amide bonds. The van der Waals surface area contributed by atoms with E-state index >= 15 is 0 Å². The van der Waals surface area contributed by atoms with Gasteiger partial charge in [0, 0.05) is 11.9 Å². The van der Waals surface area contributed by atoms with E-state index in [2.05, 4.69) is 15.6 Å². The quantitative estimate of drug-likeness (QED) is 0.669. The van der Waals surface area contributed by atoms with Crippen molar-refractivity contribution in [2.24, 2.45) is 0 Å². The Morgan fingerprint density at radius 2 is 2.05 bits per heavy atom. The highest BCUT2D eigenvalue weighted by atomic mass is 35.5. The molecule has 0 aliphatic heterocycles. The topological polar surface area (TPSA) is 77.8 Å². The average Bonchev–Trinajstić information content (AvgIpc) is 2.50. The monoisotopic (exact) mass is 312 g/mol. The second-order valence-corrected chi connectivity index (χ2v) is 4.82. The van der Waals surface area contributed by atoms with Gasteiger partial charge in [-0.25, -0.2) is 4.98 Å². The fourth-order valence-electron chi connectivity index (χ4n) is 1.67. The van der Waals surface area contributed by atoms with Gasteiger partial charge < -0.3 is 10.6 Å². The largest absolute Gasteiger partial charge is 0.345 e. The van der Waals surface area contributed by atoms with Gasteiger partial charge in [0.15, 0.2) is 0 Å². The Morgan fingerprint density at radius 3 is 2.73 bits per heavy atom. The summed E-state index contributed by atoms with van der Waals surface area (Å²) in [6.07, 6.45) is 1.31. The summed E-state index contributed by atoms with van der Waals surface area (Å²) in [5, 5.41) is 14.9. The summed E-state index contributed by atoms with van der Waals surface area (Å²) in [4.78, 5) is 16.3. The summed E-state index contributed by atoms with van der Waals surface area (Å²) in [6, 6.07) is 14.1. The van der Waals surface area contributed by atoms with Gasteiger partial charge in [0.1, 0.15) is 17.5 Å². The molecule has 6 heteroatoms. The molecule has 0 fully saturated rings. The van der Waals surface area contributed by atoms with Crippen LogP contribution in [0.1, 0.15) is 5.69 Å². The van der Waals surface area contributed by atoms with Crippen molar-refractivity contribution in [2.75, 3.05) is 10.6 Å². The van der Waals surface area contributed by atoms with Crippen molar-refractivity contribution < 1.29 is 4.79 Å². The van der Waals surface area contributed by atoms with Crippen LogP contribution >= 0.6 is 11.6 Å². The van der Waals surface area contributed by atoms with E-state index in [9.17, 15) is 4.79 Å². The molecule has 110 valence electrons. The number of aromatic nitrogens is 1. The van der Waals surface area contributed by atoms with E-state index in [1.54, 1.807) is 30.3 Å². The number of carbonyl (C=O) groups excluding carboxylic acids is 1. The van der Waals surface area contributed by atoms with Crippen LogP contribution in [0.3, 0.4) is 0 Å². The molecule has 2 N–H and O–H groups in total. The zero-order valence-corrected chi connectivity index (χ0v) is 12.6. The van der Waals surface area contributed by atoms with Gasteiger partial charge >= 0.3 is 0 Å². The zero-order chi connectivity index (χ0) is 15.9. The number of amides is 1. The Labute approximate surface area is 133 Å². The fraction of sp³-hybridized carbons (Fsp3) is 0.0625. The van der Waals surface area contributed by atoms with Gasteiger partial charge in [-0.1, -0.05) is 29.8 Å². The summed E-state index contributed by atoms with van der Waals surface area (Å²) < 4.78 is 0. The van der Waals surface area contributed by atoms with E-state index in [0.717, 1.165) is 5.69 Å². The SMILES string of the molecule is Cc1cccc(N/C=C(/C#N)C(=O)Nc2ccccc2Cl)n1. The second-order valence-electron chi connectivity index (χ2n) is 4.41. The number of halogens is 1. The van der Waals surface area contributed by atoms with E-state index in [0.29, 0.717) is 16.5 Å². The van der Waals surface area contributed by atoms with Crippen LogP contribution < -0.4 is 10.6 Å². The molecule has 5 nitrogen and oxygen atoms in total. The van der Waals surface area contributed by atoms with Gasteiger partial charge in [0.05, 0.1) is 10.7 Å². The lowest BCUT2D eigenvalue weighted by atomic mass is 10.2. The van der Waals surface area contributed by atoms with Crippen molar-refractivity contribution >= 4 is 29.0 Å². The molecule has 1 heterocycles. The van der Waals surface area contributed by atoms with Crippen LogP contribution in [0.15, 0.2) is 54.2 Å². The molecule has 0 unspecified atom stereocenters. The van der Waals surface area contributed by atoms with E-state index in [1.165, 1.54) is 6.20 Å². The van der Waals surface area contributed by atoms with Gasteiger partial charge in [-0.05, 0) is 31.2 Å². The Morgan fingerprint density at radius 1 is 1.27 bits per heavy atom. The minimum Gasteiger partial charge on any atom is -0.345 e. The van der Waals surface area contributed by atoms with Crippen molar-refractivity contribution in [1.29, 1.82) is 5.26 Å². The molecule has 0 aliphatic carbocycles. The first-order valence-electron chi connectivity index (χ1n) is 6.46. The number of nitrogens with zero attached hydrogens (tertiary/aromatic N) is 2. The van der Waals surface area contributed by atoms with Crippen LogP contribution in [0.25, 0.3) is 0 Å². The lowest BCUT2D eigenvalue weighted by Gasteiger charge is -2.06. The maximum Gasteiger partial charge on any atom is 0.267 e. The van der Waals surface area contributed by atoms with Crippen molar-refractivity contribution in [3.63, 3.8) is 0 Å². The van der Waals surface area contributed by atoms with Crippen LogP contribution in [0.2, 0.25) is 5.02 Å². The Hall–Kier alpha value is -2.84. The summed E-state index contributed by atoms with van der Waals surface area (Å²) in [5.41, 5.74) is 1.20. The first-order valence-corrected chi connectivity index (χ1v) is 6.84. The van der Waals surface area contributed by atoms with Gasteiger partial charge in [-0.3, -0.25) is 4.79 Å². The van der Waals surface area contributed by atoms with E-state index in [4.69, 9.17) is 16.9 Å². The summed E-state index contributed by atoms with van der Waals surface area (Å²) in [5.74, 6) is 0.00838. The molecular formula is C16H13ClN4O. The molecule has 2 rings (SSSR count). The molecule has 0 radical (unpaired) electrons. The zero-order valence-electron chi connectivity index (χ0n) is 11.8. The minimum absolute atomic E-state index is 0.0803. The van der Waals surface area contributed by atoms with Crippen molar-refractivity contribution in [3.05, 3.63) is 65.0 Å². The van der Waals surface area contributed by atoms with E-state index in [-0.39, 0.29) is 5.57 Å². The first kappa shape index (κ1) is 15.5. The van der Waals surface area contributed by atoms with Crippen LogP contribution in [-0.4, -0.2) is 10.9 Å². The summed E-state index contributed by atoms with van der Waals surface area (Å²) in [6.45, 7) is 1.85. The lowest BCUT2D eigenvalue weighted by Crippen LogP contribution is -2.15. The summed E-state index contributed by atoms with van der Waals surface area (Å²) >= 11 is 5.96. The maximum atomic E-state index is 12.1. The highest BCUT2D eigenvalue weighted by molar-refractivity contribution is 6.33. The third kappa shape index (κ3) is 4.08. The number of rotatable bonds is 4. The van der Waals surface area contributed by atoms with E-state index in [1.807, 2.05) is 25.1 Å². The van der Waals surface area contributed by atoms with Crippen molar-refractivity contribution in [1.82, 2.24) is 4.98 Å². The predicted octanol–water partition coefficient (Wildman–Crippen LogP) is 3.50. The number of anilines is 2.